The van der Waals surface area contributed by atoms with E-state index in [1.807, 2.05) is 36.8 Å². The number of fused-ring (bicyclic) bond motifs is 1. The van der Waals surface area contributed by atoms with Crippen molar-refractivity contribution in [2.45, 2.75) is 18.9 Å². The zero-order chi connectivity index (χ0) is 18.1. The van der Waals surface area contributed by atoms with Crippen molar-refractivity contribution < 1.29 is 0 Å². The van der Waals surface area contributed by atoms with Crippen LogP contribution in [0.2, 0.25) is 0 Å². The minimum atomic E-state index is 0.543. The molecule has 0 aliphatic carbocycles. The highest BCUT2D eigenvalue weighted by Crippen LogP contribution is 2.30. The second-order valence-electron chi connectivity index (χ2n) is 6.98. The summed E-state index contributed by atoms with van der Waals surface area (Å²) in [7, 11) is 0. The fourth-order valence-electron chi connectivity index (χ4n) is 3.86. The summed E-state index contributed by atoms with van der Waals surface area (Å²) in [5.74, 6) is 0.543. The lowest BCUT2D eigenvalue weighted by molar-refractivity contribution is 0.328. The fourth-order valence-corrected chi connectivity index (χ4v) is 4.43. The van der Waals surface area contributed by atoms with Crippen LogP contribution in [-0.2, 0) is 6.54 Å². The maximum absolute atomic E-state index is 4.54. The summed E-state index contributed by atoms with van der Waals surface area (Å²) < 4.78 is 8.83. The Bertz CT molecular complexity index is 1060. The third-order valence-electron chi connectivity index (χ3n) is 5.27. The summed E-state index contributed by atoms with van der Waals surface area (Å²) in [5, 5.41) is 0. The highest BCUT2D eigenvalue weighted by molar-refractivity contribution is 7.00. The van der Waals surface area contributed by atoms with E-state index >= 15 is 0 Å². The molecule has 3 aromatic heterocycles. The summed E-state index contributed by atoms with van der Waals surface area (Å²) in [6.07, 6.45) is 6.73. The molecule has 0 radical (unpaired) electrons. The highest BCUT2D eigenvalue weighted by Gasteiger charge is 2.25. The number of nitrogens with zero attached hydrogens (tertiary/aromatic N) is 5. The first-order valence-electron chi connectivity index (χ1n) is 9.16. The standard InChI is InChI=1S/C21H19N5S/c1-2-18(21-19(3-1)24-27-25-21)14-26-11-7-17(13-26)16-6-10-23-20(12-16)15-4-8-22-9-5-15/h1-6,8-10,12,17H,7,11,13-14H2/t17-/m1/s1. The predicted octanol–water partition coefficient (Wildman–Crippen LogP) is 4.14. The van der Waals surface area contributed by atoms with Gasteiger partial charge in [-0.1, -0.05) is 12.1 Å². The van der Waals surface area contributed by atoms with Gasteiger partial charge < -0.3 is 0 Å². The molecule has 1 atom stereocenters. The second-order valence-corrected chi connectivity index (χ2v) is 7.51. The Kier molecular flexibility index (Phi) is 4.35. The monoisotopic (exact) mass is 373 g/mol. The van der Waals surface area contributed by atoms with E-state index in [2.05, 4.69) is 47.9 Å². The molecule has 0 bridgehead atoms. The number of aromatic nitrogens is 4. The van der Waals surface area contributed by atoms with Crippen LogP contribution < -0.4 is 0 Å². The highest BCUT2D eigenvalue weighted by atomic mass is 32.1. The molecule has 0 unspecified atom stereocenters. The van der Waals surface area contributed by atoms with E-state index in [1.165, 1.54) is 29.3 Å². The van der Waals surface area contributed by atoms with Gasteiger partial charge in [0.15, 0.2) is 0 Å². The third kappa shape index (κ3) is 3.34. The van der Waals surface area contributed by atoms with Crippen molar-refractivity contribution in [2.24, 2.45) is 0 Å². The zero-order valence-electron chi connectivity index (χ0n) is 14.8. The topological polar surface area (TPSA) is 54.8 Å². The van der Waals surface area contributed by atoms with Crippen LogP contribution in [0.3, 0.4) is 0 Å². The van der Waals surface area contributed by atoms with Crippen molar-refractivity contribution in [1.29, 1.82) is 0 Å². The van der Waals surface area contributed by atoms with Crippen LogP contribution in [0.25, 0.3) is 22.3 Å². The Labute approximate surface area is 162 Å². The van der Waals surface area contributed by atoms with E-state index in [0.29, 0.717) is 5.92 Å². The van der Waals surface area contributed by atoms with Gasteiger partial charge in [0.05, 0.1) is 17.4 Å². The van der Waals surface area contributed by atoms with Crippen molar-refractivity contribution in [1.82, 2.24) is 23.6 Å². The number of pyridine rings is 2. The van der Waals surface area contributed by atoms with Gasteiger partial charge in [-0.3, -0.25) is 14.9 Å². The minimum Gasteiger partial charge on any atom is -0.298 e. The molecule has 0 saturated carbocycles. The molecule has 0 spiro atoms. The van der Waals surface area contributed by atoms with Crippen molar-refractivity contribution in [3.63, 3.8) is 0 Å². The summed E-state index contributed by atoms with van der Waals surface area (Å²) in [6, 6.07) is 14.7. The lowest BCUT2D eigenvalue weighted by Crippen LogP contribution is -2.20. The average molecular weight is 373 g/mol. The van der Waals surface area contributed by atoms with Gasteiger partial charge in [-0.15, -0.1) is 0 Å². The first-order valence-corrected chi connectivity index (χ1v) is 9.89. The van der Waals surface area contributed by atoms with Crippen LogP contribution in [0.15, 0.2) is 61.1 Å². The molecule has 1 fully saturated rings. The average Bonchev–Trinajstić information content (AvgIpc) is 3.39. The van der Waals surface area contributed by atoms with Crippen molar-refractivity contribution in [3.8, 4) is 11.3 Å². The van der Waals surface area contributed by atoms with Gasteiger partial charge >= 0.3 is 0 Å². The summed E-state index contributed by atoms with van der Waals surface area (Å²) in [4.78, 5) is 11.2. The largest absolute Gasteiger partial charge is 0.298 e. The summed E-state index contributed by atoms with van der Waals surface area (Å²) in [6.45, 7) is 3.10. The Morgan fingerprint density at radius 3 is 2.89 bits per heavy atom. The van der Waals surface area contributed by atoms with E-state index in [-0.39, 0.29) is 0 Å². The Morgan fingerprint density at radius 2 is 1.96 bits per heavy atom. The van der Waals surface area contributed by atoms with Crippen LogP contribution in [0.4, 0.5) is 0 Å². The van der Waals surface area contributed by atoms with Gasteiger partial charge in [0.2, 0.25) is 0 Å². The van der Waals surface area contributed by atoms with E-state index in [0.717, 1.165) is 41.9 Å². The number of hydrogen-bond donors (Lipinski definition) is 0. The molecule has 6 heteroatoms. The quantitative estimate of drug-likeness (QED) is 0.538. The molecule has 4 aromatic rings. The maximum atomic E-state index is 4.54. The molecule has 0 amide bonds. The zero-order valence-corrected chi connectivity index (χ0v) is 15.6. The Hall–Kier alpha value is -2.70. The summed E-state index contributed by atoms with van der Waals surface area (Å²) in [5.41, 5.74) is 6.83. The van der Waals surface area contributed by atoms with E-state index in [9.17, 15) is 0 Å². The summed E-state index contributed by atoms with van der Waals surface area (Å²) >= 11 is 1.29. The number of likely N-dealkylation sites (tertiary alicyclic amines) is 1. The molecular weight excluding hydrogens is 354 g/mol. The third-order valence-corrected chi connectivity index (χ3v) is 5.81. The molecule has 1 aliphatic heterocycles. The van der Waals surface area contributed by atoms with E-state index in [4.69, 9.17) is 0 Å². The molecule has 27 heavy (non-hydrogen) atoms. The van der Waals surface area contributed by atoms with Crippen molar-refractivity contribution in [2.75, 3.05) is 13.1 Å². The van der Waals surface area contributed by atoms with Crippen LogP contribution in [0.5, 0.6) is 0 Å². The molecule has 5 rings (SSSR count). The van der Waals surface area contributed by atoms with Crippen LogP contribution in [0, 0.1) is 0 Å². The molecule has 1 saturated heterocycles. The number of hydrogen-bond acceptors (Lipinski definition) is 6. The smallest absolute Gasteiger partial charge is 0.109 e. The van der Waals surface area contributed by atoms with Gasteiger partial charge in [0.1, 0.15) is 11.0 Å². The first kappa shape index (κ1) is 16.5. The molecule has 0 N–H and O–H groups in total. The molecular formula is C21H19N5S. The predicted molar refractivity (Wildman–Crippen MR) is 108 cm³/mol. The van der Waals surface area contributed by atoms with Crippen LogP contribution in [0.1, 0.15) is 23.5 Å². The molecule has 1 aromatic carbocycles. The van der Waals surface area contributed by atoms with Gasteiger partial charge in [-0.05, 0) is 60.3 Å². The maximum Gasteiger partial charge on any atom is 0.109 e. The van der Waals surface area contributed by atoms with Gasteiger partial charge in [0.25, 0.3) is 0 Å². The second kappa shape index (κ2) is 7.13. The fraction of sp³-hybridized carbons (Fsp3) is 0.238. The lowest BCUT2D eigenvalue weighted by atomic mass is 9.97. The normalized spacial score (nSPS) is 17.6. The molecule has 1 aliphatic rings. The number of benzene rings is 1. The number of rotatable bonds is 4. The minimum absolute atomic E-state index is 0.543. The first-order chi connectivity index (χ1) is 13.4. The molecule has 134 valence electrons. The Morgan fingerprint density at radius 1 is 1.04 bits per heavy atom. The van der Waals surface area contributed by atoms with Crippen LogP contribution >= 0.6 is 11.7 Å². The van der Waals surface area contributed by atoms with E-state index < -0.39 is 0 Å². The van der Waals surface area contributed by atoms with Crippen LogP contribution in [-0.4, -0.2) is 36.7 Å². The van der Waals surface area contributed by atoms with Gasteiger partial charge in [-0.2, -0.15) is 8.75 Å². The van der Waals surface area contributed by atoms with Crippen molar-refractivity contribution >= 4 is 22.8 Å². The van der Waals surface area contributed by atoms with Gasteiger partial charge in [0, 0.05) is 37.2 Å². The SMILES string of the molecule is c1cc(CN2CC[C@@H](c3ccnc(-c4ccncc4)c3)C2)c2nsnc2c1. The lowest BCUT2D eigenvalue weighted by Gasteiger charge is -2.16. The van der Waals surface area contributed by atoms with Gasteiger partial charge in [-0.25, -0.2) is 0 Å². The molecule has 5 nitrogen and oxygen atoms in total. The van der Waals surface area contributed by atoms with E-state index in [1.54, 1.807) is 0 Å². The molecule has 4 heterocycles. The van der Waals surface area contributed by atoms with Crippen molar-refractivity contribution in [3.05, 3.63) is 72.2 Å². The Balaban J connectivity index is 1.33.